The fourth-order valence-electron chi connectivity index (χ4n) is 3.98. The van der Waals surface area contributed by atoms with Crippen LogP contribution in [-0.4, -0.2) is 124 Å². The summed E-state index contributed by atoms with van der Waals surface area (Å²) in [6, 6.07) is 8.66. The molecule has 0 unspecified atom stereocenters. The van der Waals surface area contributed by atoms with Crippen molar-refractivity contribution < 1.29 is 58.7 Å². The number of hydrogen-bond acceptors (Lipinski definition) is 14. The third kappa shape index (κ3) is 6.84. The molecule has 220 valence electrons. The average molecular weight is 588 g/mol. The van der Waals surface area contributed by atoms with Crippen LogP contribution >= 0.6 is 0 Å². The van der Waals surface area contributed by atoms with E-state index in [2.05, 4.69) is 15.1 Å². The summed E-state index contributed by atoms with van der Waals surface area (Å²) in [5.74, 6) is 0. The van der Waals surface area contributed by atoms with Gasteiger partial charge in [0.25, 0.3) is 10.0 Å². The van der Waals surface area contributed by atoms with Gasteiger partial charge in [-0.2, -0.15) is 13.5 Å². The smallest absolute Gasteiger partial charge is 0.277 e. The monoisotopic (exact) mass is 587 g/mol. The zero-order valence-electron chi connectivity index (χ0n) is 20.6. The second-order valence-electron chi connectivity index (χ2n) is 8.72. The molecule has 1 fully saturated rings. The molecule has 1 aliphatic heterocycles. The van der Waals surface area contributed by atoms with E-state index in [4.69, 9.17) is 15.0 Å². The Kier molecular flexibility index (Phi) is 10.7. The van der Waals surface area contributed by atoms with E-state index in [9.17, 15) is 49.3 Å². The first-order chi connectivity index (χ1) is 19.0. The van der Waals surface area contributed by atoms with Crippen molar-refractivity contribution >= 4 is 32.7 Å². The largest absolute Gasteiger partial charge is 0.394 e. The molecule has 0 spiro atoms. The summed E-state index contributed by atoms with van der Waals surface area (Å²) in [7, 11) is -4.36. The molecular weight excluding hydrogens is 558 g/mol. The third-order valence-corrected chi connectivity index (χ3v) is 7.37. The predicted octanol–water partition coefficient (Wildman–Crippen LogP) is -2.69. The van der Waals surface area contributed by atoms with Crippen LogP contribution in [0.5, 0.6) is 0 Å². The zero-order valence-corrected chi connectivity index (χ0v) is 21.4. The number of fused-ring (bicyclic) bond motifs is 1. The van der Waals surface area contributed by atoms with Gasteiger partial charge in [0.15, 0.2) is 6.29 Å². The Bertz CT molecular complexity index is 1340. The van der Waals surface area contributed by atoms with Gasteiger partial charge in [0, 0.05) is 16.0 Å². The minimum absolute atomic E-state index is 0.187. The van der Waals surface area contributed by atoms with Crippen molar-refractivity contribution in [2.75, 3.05) is 13.2 Å². The molecule has 0 aromatic heterocycles. The van der Waals surface area contributed by atoms with E-state index in [1.807, 2.05) is 4.83 Å². The van der Waals surface area contributed by atoms with Crippen LogP contribution in [0.15, 0.2) is 51.5 Å². The summed E-state index contributed by atoms with van der Waals surface area (Å²) in [4.78, 5) is 4.32. The second-order valence-corrected chi connectivity index (χ2v) is 10.3. The highest BCUT2D eigenvalue weighted by Gasteiger charge is 2.46. The van der Waals surface area contributed by atoms with Crippen LogP contribution in [0.1, 0.15) is 0 Å². The Morgan fingerprint density at radius 1 is 1.05 bits per heavy atom. The molecule has 0 bridgehead atoms. The molecule has 18 heteroatoms. The maximum absolute atomic E-state index is 12.9. The van der Waals surface area contributed by atoms with Crippen LogP contribution in [0, 0.1) is 0 Å². The number of nitrogens with one attached hydrogen (secondary N) is 1. The fourth-order valence-corrected chi connectivity index (χ4v) is 5.00. The number of rotatable bonds is 12. The van der Waals surface area contributed by atoms with Gasteiger partial charge in [-0.1, -0.05) is 35.4 Å². The van der Waals surface area contributed by atoms with Gasteiger partial charge in [0.2, 0.25) is 0 Å². The lowest BCUT2D eigenvalue weighted by Crippen LogP contribution is -2.61. The summed E-state index contributed by atoms with van der Waals surface area (Å²) in [6.45, 7) is -1.80. The van der Waals surface area contributed by atoms with Gasteiger partial charge >= 0.3 is 0 Å². The number of aliphatic hydroxyl groups excluding tert-OH is 8. The van der Waals surface area contributed by atoms with Gasteiger partial charge in [0.05, 0.1) is 24.3 Å². The lowest BCUT2D eigenvalue weighted by molar-refractivity contribution is -0.326. The van der Waals surface area contributed by atoms with Gasteiger partial charge in [-0.3, -0.25) is 0 Å². The molecular formula is C22H29N5O12S. The summed E-state index contributed by atoms with van der Waals surface area (Å²) in [5, 5.41) is 87.2. The van der Waals surface area contributed by atoms with Gasteiger partial charge in [-0.15, -0.1) is 0 Å². The average Bonchev–Trinajstić information content (AvgIpc) is 2.94. The maximum Gasteiger partial charge on any atom is 0.277 e. The van der Waals surface area contributed by atoms with Gasteiger partial charge < -0.3 is 50.3 Å². The number of hydrogen-bond donors (Lipinski definition) is 9. The molecule has 40 heavy (non-hydrogen) atoms. The van der Waals surface area contributed by atoms with Gasteiger partial charge in [0.1, 0.15) is 48.8 Å². The van der Waals surface area contributed by atoms with Crippen LogP contribution < -0.4 is 4.83 Å². The first kappa shape index (κ1) is 31.6. The van der Waals surface area contributed by atoms with E-state index in [0.29, 0.717) is 11.6 Å². The van der Waals surface area contributed by atoms with Crippen molar-refractivity contribution in [2.45, 2.75) is 60.0 Å². The topological polar surface area (TPSA) is 288 Å². The number of benzene rings is 2. The molecule has 9 atom stereocenters. The summed E-state index contributed by atoms with van der Waals surface area (Å²) >= 11 is 0. The fraction of sp³-hybridized carbons (Fsp3) is 0.500. The Morgan fingerprint density at radius 2 is 1.73 bits per heavy atom. The van der Waals surface area contributed by atoms with Gasteiger partial charge in [-0.05, 0) is 17.0 Å². The normalized spacial score (nSPS) is 26.6. The second kappa shape index (κ2) is 13.6. The standard InChI is InChI=1S/C22H29N5O12S/c23-26-25-12-5-1-4-11-10(12)3-2-6-16(11)40(36,37)27-24-7-13(30)17(32)21(14(31)8-28)39-22-20(35)19(34)18(33)15(9-29)38-22/h1-7,13-15,17-22,27-35H,8-9H2/b24-7+/t13-,14+,15+,17+,18-,19-,20+,21+,22-/m0/s1. The molecule has 0 amide bonds. The molecule has 1 aliphatic rings. The van der Waals surface area contributed by atoms with E-state index in [1.54, 1.807) is 6.07 Å². The van der Waals surface area contributed by atoms with Crippen molar-refractivity contribution in [1.82, 2.24) is 4.83 Å². The number of nitrogens with zero attached hydrogens (tertiary/aromatic N) is 4. The van der Waals surface area contributed by atoms with Crippen LogP contribution in [0.4, 0.5) is 5.69 Å². The number of ether oxygens (including phenoxy) is 2. The first-order valence-electron chi connectivity index (χ1n) is 11.7. The molecule has 3 rings (SSSR count). The Hall–Kier alpha value is -2.97. The van der Waals surface area contributed by atoms with Crippen molar-refractivity contribution in [1.29, 1.82) is 0 Å². The van der Waals surface area contributed by atoms with Crippen LogP contribution in [0.3, 0.4) is 0 Å². The van der Waals surface area contributed by atoms with E-state index in [1.165, 1.54) is 30.3 Å². The number of aliphatic hydroxyl groups is 8. The predicted molar refractivity (Wildman–Crippen MR) is 135 cm³/mol. The molecule has 9 N–H and O–H groups in total. The first-order valence-corrected chi connectivity index (χ1v) is 13.2. The van der Waals surface area contributed by atoms with E-state index >= 15 is 0 Å². The summed E-state index contributed by atoms with van der Waals surface area (Å²) in [5.41, 5.74) is 8.92. The Balaban J connectivity index is 1.77. The zero-order chi connectivity index (χ0) is 29.6. The highest BCUT2D eigenvalue weighted by molar-refractivity contribution is 7.89. The molecule has 2 aromatic carbocycles. The Labute approximate surface area is 226 Å². The van der Waals surface area contributed by atoms with Crippen LogP contribution in [-0.2, 0) is 19.5 Å². The molecule has 1 heterocycles. The van der Waals surface area contributed by atoms with Crippen molar-refractivity contribution in [3.05, 3.63) is 46.8 Å². The van der Waals surface area contributed by atoms with Crippen molar-refractivity contribution in [2.24, 2.45) is 10.2 Å². The third-order valence-electron chi connectivity index (χ3n) is 6.09. The number of azide groups is 1. The lowest BCUT2D eigenvalue weighted by Gasteiger charge is -2.42. The minimum Gasteiger partial charge on any atom is -0.394 e. The number of hydrazone groups is 1. The molecule has 17 nitrogen and oxygen atoms in total. The minimum atomic E-state index is -4.36. The Morgan fingerprint density at radius 3 is 2.38 bits per heavy atom. The highest BCUT2D eigenvalue weighted by Crippen LogP contribution is 2.30. The molecule has 0 radical (unpaired) electrons. The summed E-state index contributed by atoms with van der Waals surface area (Å²) < 4.78 is 36.2. The summed E-state index contributed by atoms with van der Waals surface area (Å²) in [6.07, 6.45) is -16.1. The molecule has 1 saturated heterocycles. The van der Waals surface area contributed by atoms with Crippen molar-refractivity contribution in [3.8, 4) is 0 Å². The number of sulfonamides is 1. The van der Waals surface area contributed by atoms with Crippen LogP contribution in [0.25, 0.3) is 21.2 Å². The highest BCUT2D eigenvalue weighted by atomic mass is 32.2. The molecule has 0 aliphatic carbocycles. The molecule has 0 saturated carbocycles. The maximum atomic E-state index is 12.9. The quantitative estimate of drug-likeness (QED) is 0.0403. The van der Waals surface area contributed by atoms with E-state index < -0.39 is 78.4 Å². The van der Waals surface area contributed by atoms with Crippen molar-refractivity contribution in [3.63, 3.8) is 0 Å². The van der Waals surface area contributed by atoms with E-state index in [0.717, 1.165) is 0 Å². The SMILES string of the molecule is [N-]=[N+]=Nc1cccc2c(S(=O)(=O)N/N=C/[C@H](O)[C@@H](O)[C@H](O[C@@H]3O[C@H](CO)[C@H](O)[C@H](O)[C@H]3O)[C@H](O)CO)cccc12. The lowest BCUT2D eigenvalue weighted by atomic mass is 9.98. The van der Waals surface area contributed by atoms with E-state index in [-0.39, 0.29) is 16.0 Å². The molecule has 2 aromatic rings. The van der Waals surface area contributed by atoms with Gasteiger partial charge in [-0.25, -0.2) is 4.83 Å². The van der Waals surface area contributed by atoms with Crippen LogP contribution in [0.2, 0.25) is 0 Å².